The van der Waals surface area contributed by atoms with Gasteiger partial charge in [-0.1, -0.05) is 26.0 Å². The molecule has 0 radical (unpaired) electrons. The number of para-hydroxylation sites is 1. The highest BCUT2D eigenvalue weighted by Crippen LogP contribution is 2.32. The molecule has 106 valence electrons. The van der Waals surface area contributed by atoms with Crippen LogP contribution < -0.4 is 10.1 Å². The van der Waals surface area contributed by atoms with E-state index in [9.17, 15) is 0 Å². The number of nitrogens with one attached hydrogen (secondary N) is 1. The van der Waals surface area contributed by atoms with Crippen LogP contribution in [0, 0.1) is 0 Å². The van der Waals surface area contributed by atoms with Gasteiger partial charge in [0, 0.05) is 19.1 Å². The molecule has 1 aliphatic rings. The third kappa shape index (κ3) is 3.71. The molecule has 0 amide bonds. The van der Waals surface area contributed by atoms with E-state index in [-0.39, 0.29) is 12.2 Å². The summed E-state index contributed by atoms with van der Waals surface area (Å²) >= 11 is 3.52. The van der Waals surface area contributed by atoms with Crippen LogP contribution in [0.2, 0.25) is 0 Å². The standard InChI is InChI=1S/C15H22BrNO2/c1-3-9-18-15-12(17-4-2)10-14(15)19-13-8-6-5-7-11(13)16/h5-8,12,14-15,17H,3-4,9-10H2,1-2H3. The van der Waals surface area contributed by atoms with Crippen LogP contribution >= 0.6 is 15.9 Å². The molecule has 4 heteroatoms. The van der Waals surface area contributed by atoms with E-state index in [1.165, 1.54) is 0 Å². The van der Waals surface area contributed by atoms with E-state index in [2.05, 4.69) is 35.1 Å². The van der Waals surface area contributed by atoms with Gasteiger partial charge < -0.3 is 14.8 Å². The minimum absolute atomic E-state index is 0.147. The number of ether oxygens (including phenoxy) is 2. The van der Waals surface area contributed by atoms with Crippen molar-refractivity contribution in [3.05, 3.63) is 28.7 Å². The molecular weight excluding hydrogens is 306 g/mol. The Labute approximate surface area is 123 Å². The van der Waals surface area contributed by atoms with Crippen molar-refractivity contribution in [2.24, 2.45) is 0 Å². The normalized spacial score (nSPS) is 25.9. The molecule has 1 N–H and O–H groups in total. The van der Waals surface area contributed by atoms with E-state index < -0.39 is 0 Å². The Bertz CT molecular complexity index is 399. The minimum Gasteiger partial charge on any atom is -0.486 e. The van der Waals surface area contributed by atoms with E-state index in [1.807, 2.05) is 24.3 Å². The molecule has 1 saturated carbocycles. The first-order valence-electron chi connectivity index (χ1n) is 7.02. The van der Waals surface area contributed by atoms with Crippen molar-refractivity contribution in [2.45, 2.75) is 44.9 Å². The molecule has 0 heterocycles. The summed E-state index contributed by atoms with van der Waals surface area (Å²) in [7, 11) is 0. The average Bonchev–Trinajstić information content (AvgIpc) is 2.40. The smallest absolute Gasteiger partial charge is 0.134 e. The molecular formula is C15H22BrNO2. The molecule has 3 nitrogen and oxygen atoms in total. The van der Waals surface area contributed by atoms with Gasteiger partial charge in [0.2, 0.25) is 0 Å². The van der Waals surface area contributed by atoms with E-state index in [1.54, 1.807) is 0 Å². The largest absolute Gasteiger partial charge is 0.486 e. The Balaban J connectivity index is 1.94. The highest BCUT2D eigenvalue weighted by molar-refractivity contribution is 9.10. The summed E-state index contributed by atoms with van der Waals surface area (Å²) in [6, 6.07) is 8.38. The van der Waals surface area contributed by atoms with Crippen molar-refractivity contribution in [2.75, 3.05) is 13.2 Å². The van der Waals surface area contributed by atoms with Crippen molar-refractivity contribution < 1.29 is 9.47 Å². The molecule has 0 bridgehead atoms. The molecule has 3 unspecified atom stereocenters. The Morgan fingerprint density at radius 3 is 2.79 bits per heavy atom. The van der Waals surface area contributed by atoms with Crippen LogP contribution in [0.15, 0.2) is 28.7 Å². The fourth-order valence-corrected chi connectivity index (χ4v) is 2.72. The zero-order valence-electron chi connectivity index (χ0n) is 11.6. The molecule has 1 aromatic carbocycles. The molecule has 1 aliphatic carbocycles. The number of benzene rings is 1. The Hall–Kier alpha value is -0.580. The lowest BCUT2D eigenvalue weighted by Crippen LogP contribution is -2.61. The molecule has 2 rings (SSSR count). The predicted octanol–water partition coefficient (Wildman–Crippen LogP) is 3.37. The van der Waals surface area contributed by atoms with Crippen LogP contribution in [0.4, 0.5) is 0 Å². The number of halogens is 1. The predicted molar refractivity (Wildman–Crippen MR) is 80.7 cm³/mol. The lowest BCUT2D eigenvalue weighted by atomic mass is 9.85. The molecule has 3 atom stereocenters. The third-order valence-corrected chi connectivity index (χ3v) is 4.00. The van der Waals surface area contributed by atoms with Crippen LogP contribution in [-0.4, -0.2) is 31.4 Å². The topological polar surface area (TPSA) is 30.5 Å². The van der Waals surface area contributed by atoms with Gasteiger partial charge in [-0.25, -0.2) is 0 Å². The number of hydrogen-bond donors (Lipinski definition) is 1. The van der Waals surface area contributed by atoms with Crippen molar-refractivity contribution in [1.29, 1.82) is 0 Å². The Morgan fingerprint density at radius 2 is 2.11 bits per heavy atom. The van der Waals surface area contributed by atoms with E-state index in [4.69, 9.17) is 9.47 Å². The highest BCUT2D eigenvalue weighted by atomic mass is 79.9. The highest BCUT2D eigenvalue weighted by Gasteiger charge is 2.43. The quantitative estimate of drug-likeness (QED) is 0.832. The fraction of sp³-hybridized carbons (Fsp3) is 0.600. The van der Waals surface area contributed by atoms with Gasteiger partial charge in [0.25, 0.3) is 0 Å². The van der Waals surface area contributed by atoms with E-state index >= 15 is 0 Å². The van der Waals surface area contributed by atoms with E-state index in [0.29, 0.717) is 6.04 Å². The summed E-state index contributed by atoms with van der Waals surface area (Å²) in [5.74, 6) is 0.896. The van der Waals surface area contributed by atoms with Gasteiger partial charge in [0.05, 0.1) is 4.47 Å². The Morgan fingerprint density at radius 1 is 1.32 bits per heavy atom. The summed E-state index contributed by atoms with van der Waals surface area (Å²) in [6.45, 7) is 6.02. The lowest BCUT2D eigenvalue weighted by molar-refractivity contribution is -0.107. The maximum Gasteiger partial charge on any atom is 0.134 e. The fourth-order valence-electron chi connectivity index (χ4n) is 2.34. The van der Waals surface area contributed by atoms with Crippen molar-refractivity contribution >= 4 is 15.9 Å². The minimum atomic E-state index is 0.147. The van der Waals surface area contributed by atoms with Gasteiger partial charge in [0.1, 0.15) is 18.0 Å². The van der Waals surface area contributed by atoms with Crippen LogP contribution in [0.3, 0.4) is 0 Å². The Kier molecular flexibility index (Phi) is 5.67. The van der Waals surface area contributed by atoms with Gasteiger partial charge in [-0.15, -0.1) is 0 Å². The van der Waals surface area contributed by atoms with Gasteiger partial charge >= 0.3 is 0 Å². The van der Waals surface area contributed by atoms with E-state index in [0.717, 1.165) is 36.2 Å². The summed E-state index contributed by atoms with van der Waals surface area (Å²) in [4.78, 5) is 0. The van der Waals surface area contributed by atoms with Crippen LogP contribution in [0.1, 0.15) is 26.7 Å². The molecule has 0 aliphatic heterocycles. The maximum absolute atomic E-state index is 6.06. The van der Waals surface area contributed by atoms with Gasteiger partial charge in [0.15, 0.2) is 0 Å². The van der Waals surface area contributed by atoms with Crippen molar-refractivity contribution in [3.63, 3.8) is 0 Å². The zero-order valence-corrected chi connectivity index (χ0v) is 13.2. The second-order valence-corrected chi connectivity index (χ2v) is 5.68. The summed E-state index contributed by atoms with van der Waals surface area (Å²) in [6.07, 6.45) is 2.35. The average molecular weight is 328 g/mol. The van der Waals surface area contributed by atoms with Crippen molar-refractivity contribution in [1.82, 2.24) is 5.32 Å². The lowest BCUT2D eigenvalue weighted by Gasteiger charge is -2.44. The third-order valence-electron chi connectivity index (χ3n) is 3.34. The van der Waals surface area contributed by atoms with Gasteiger partial charge in [-0.05, 0) is 41.0 Å². The van der Waals surface area contributed by atoms with Gasteiger partial charge in [-0.3, -0.25) is 0 Å². The number of likely N-dealkylation sites (N-methyl/N-ethyl adjacent to an activating group) is 1. The summed E-state index contributed by atoms with van der Waals surface area (Å²) < 4.78 is 13.0. The first-order chi connectivity index (χ1) is 9.26. The molecule has 0 saturated heterocycles. The zero-order chi connectivity index (χ0) is 13.7. The molecule has 0 spiro atoms. The number of rotatable bonds is 7. The molecule has 1 fully saturated rings. The van der Waals surface area contributed by atoms with Crippen LogP contribution in [-0.2, 0) is 4.74 Å². The molecule has 1 aromatic rings. The maximum atomic E-state index is 6.06. The number of hydrogen-bond acceptors (Lipinski definition) is 3. The second kappa shape index (κ2) is 7.27. The summed E-state index contributed by atoms with van der Waals surface area (Å²) in [5.41, 5.74) is 0. The first kappa shape index (κ1) is 14.8. The van der Waals surface area contributed by atoms with Crippen LogP contribution in [0.5, 0.6) is 5.75 Å². The summed E-state index contributed by atoms with van der Waals surface area (Å²) in [5, 5.41) is 3.45. The molecule has 0 aromatic heterocycles. The monoisotopic (exact) mass is 327 g/mol. The van der Waals surface area contributed by atoms with Crippen molar-refractivity contribution in [3.8, 4) is 5.75 Å². The second-order valence-electron chi connectivity index (χ2n) is 4.82. The van der Waals surface area contributed by atoms with Crippen LogP contribution in [0.25, 0.3) is 0 Å². The van der Waals surface area contributed by atoms with Gasteiger partial charge in [-0.2, -0.15) is 0 Å². The molecule has 19 heavy (non-hydrogen) atoms. The first-order valence-corrected chi connectivity index (χ1v) is 7.81. The SMILES string of the molecule is CCCOC1C(NCC)CC1Oc1ccccc1Br.